The molecular formula is C28H32N2O5S. The van der Waals surface area contributed by atoms with Crippen molar-refractivity contribution in [2.45, 2.75) is 43.5 Å². The molecule has 2 heterocycles. The van der Waals surface area contributed by atoms with Crippen LogP contribution in [0, 0.1) is 5.92 Å². The molecule has 0 aromatic heterocycles. The van der Waals surface area contributed by atoms with E-state index in [-0.39, 0.29) is 35.1 Å². The fraction of sp³-hybridized carbons (Fsp3) is 0.429. The number of fused-ring (bicyclic) bond motifs is 2. The summed E-state index contributed by atoms with van der Waals surface area (Å²) >= 11 is 1.64. The molecule has 0 spiro atoms. The van der Waals surface area contributed by atoms with E-state index in [4.69, 9.17) is 14.2 Å². The predicted molar refractivity (Wildman–Crippen MR) is 140 cm³/mol. The highest BCUT2D eigenvalue weighted by atomic mass is 32.2. The van der Waals surface area contributed by atoms with Crippen molar-refractivity contribution in [3.8, 4) is 17.2 Å². The molecule has 7 nitrogen and oxygen atoms in total. The van der Waals surface area contributed by atoms with Gasteiger partial charge in [0, 0.05) is 29.8 Å². The molecule has 0 radical (unpaired) electrons. The maximum atomic E-state index is 13.2. The summed E-state index contributed by atoms with van der Waals surface area (Å²) in [5.74, 6) is 2.12. The smallest absolute Gasteiger partial charge is 0.260 e. The Morgan fingerprint density at radius 3 is 2.75 bits per heavy atom. The van der Waals surface area contributed by atoms with Crippen molar-refractivity contribution in [3.05, 3.63) is 58.5 Å². The van der Waals surface area contributed by atoms with Crippen LogP contribution in [0.25, 0.3) is 6.08 Å². The zero-order valence-electron chi connectivity index (χ0n) is 20.9. The predicted octanol–water partition coefficient (Wildman–Crippen LogP) is 4.43. The molecule has 2 aromatic rings. The second kappa shape index (κ2) is 10.5. The van der Waals surface area contributed by atoms with Crippen molar-refractivity contribution >= 4 is 29.7 Å². The van der Waals surface area contributed by atoms with E-state index >= 15 is 0 Å². The van der Waals surface area contributed by atoms with Gasteiger partial charge >= 0.3 is 0 Å². The van der Waals surface area contributed by atoms with Crippen LogP contribution in [-0.2, 0) is 9.59 Å². The molecule has 0 bridgehead atoms. The van der Waals surface area contributed by atoms with Gasteiger partial charge in [0.05, 0.1) is 18.1 Å². The van der Waals surface area contributed by atoms with Crippen LogP contribution in [0.4, 0.5) is 0 Å². The van der Waals surface area contributed by atoms with Gasteiger partial charge in [0.15, 0.2) is 11.5 Å². The molecule has 1 saturated carbocycles. The van der Waals surface area contributed by atoms with E-state index in [1.165, 1.54) is 0 Å². The van der Waals surface area contributed by atoms with Gasteiger partial charge < -0.3 is 24.4 Å². The number of benzene rings is 2. The number of amides is 2. The van der Waals surface area contributed by atoms with E-state index in [1.807, 2.05) is 67.4 Å². The van der Waals surface area contributed by atoms with E-state index in [9.17, 15) is 9.59 Å². The van der Waals surface area contributed by atoms with E-state index in [2.05, 4.69) is 5.32 Å². The Morgan fingerprint density at radius 2 is 1.94 bits per heavy atom. The number of methoxy groups -OCH3 is 1. The molecule has 5 rings (SSSR count). The first-order chi connectivity index (χ1) is 17.4. The largest absolute Gasteiger partial charge is 0.496 e. The summed E-state index contributed by atoms with van der Waals surface area (Å²) in [4.78, 5) is 29.0. The van der Waals surface area contributed by atoms with Crippen LogP contribution in [-0.4, -0.2) is 55.4 Å². The number of carbonyl (C=O) groups is 2. The number of likely N-dealkylation sites (N-methyl/N-ethyl adjacent to an activating group) is 1. The number of ether oxygens (including phenoxy) is 3. The number of thioether (sulfide) groups is 1. The summed E-state index contributed by atoms with van der Waals surface area (Å²) in [5.41, 5.74) is 1.87. The molecule has 2 aromatic carbocycles. The maximum Gasteiger partial charge on any atom is 0.260 e. The molecule has 2 amide bonds. The van der Waals surface area contributed by atoms with Gasteiger partial charge in [-0.15, -0.1) is 11.8 Å². The minimum atomic E-state index is -0.151. The number of nitrogens with zero attached hydrogens (tertiary/aromatic N) is 1. The normalized spacial score (nSPS) is 25.2. The van der Waals surface area contributed by atoms with Crippen LogP contribution in [0.15, 0.2) is 47.4 Å². The van der Waals surface area contributed by atoms with E-state index in [1.54, 1.807) is 18.9 Å². The van der Waals surface area contributed by atoms with Crippen molar-refractivity contribution < 1.29 is 23.8 Å². The zero-order chi connectivity index (χ0) is 25.2. The van der Waals surface area contributed by atoms with Crippen LogP contribution >= 0.6 is 11.8 Å². The highest BCUT2D eigenvalue weighted by Crippen LogP contribution is 2.44. The molecule has 4 unspecified atom stereocenters. The SMILES string of the molecule is COc1ccccc1/C=C1/SC2CCC(C(=O)NC(C)c3ccc4c(c3)OCCO4)CC2N(C)C1=O. The first-order valence-corrected chi connectivity index (χ1v) is 13.3. The van der Waals surface area contributed by atoms with Crippen LogP contribution in [0.2, 0.25) is 0 Å². The molecule has 1 saturated heterocycles. The van der Waals surface area contributed by atoms with Crippen LogP contribution in [0.1, 0.15) is 43.4 Å². The molecular weight excluding hydrogens is 476 g/mol. The molecule has 36 heavy (non-hydrogen) atoms. The van der Waals surface area contributed by atoms with E-state index < -0.39 is 0 Å². The average Bonchev–Trinajstić information content (AvgIpc) is 2.91. The summed E-state index contributed by atoms with van der Waals surface area (Å²) < 4.78 is 16.7. The Hall–Kier alpha value is -3.13. The van der Waals surface area contributed by atoms with Crippen LogP contribution < -0.4 is 19.5 Å². The Kier molecular flexibility index (Phi) is 7.14. The Labute approximate surface area is 216 Å². The maximum absolute atomic E-state index is 13.2. The molecule has 1 aliphatic carbocycles. The van der Waals surface area contributed by atoms with Gasteiger partial charge in [-0.2, -0.15) is 0 Å². The van der Waals surface area contributed by atoms with Gasteiger partial charge in [0.1, 0.15) is 19.0 Å². The molecule has 2 aliphatic heterocycles. The van der Waals surface area contributed by atoms with Gasteiger partial charge in [-0.3, -0.25) is 9.59 Å². The van der Waals surface area contributed by atoms with E-state index in [0.717, 1.165) is 46.1 Å². The average molecular weight is 509 g/mol. The van der Waals surface area contributed by atoms with E-state index in [0.29, 0.717) is 19.6 Å². The Balaban J connectivity index is 1.24. The summed E-state index contributed by atoms with van der Waals surface area (Å²) in [6, 6.07) is 13.4. The lowest BCUT2D eigenvalue weighted by atomic mass is 9.83. The molecule has 8 heteroatoms. The van der Waals surface area contributed by atoms with Crippen molar-refractivity contribution in [3.63, 3.8) is 0 Å². The summed E-state index contributed by atoms with van der Waals surface area (Å²) in [6.07, 6.45) is 4.28. The lowest BCUT2D eigenvalue weighted by molar-refractivity contribution is -0.132. The van der Waals surface area contributed by atoms with Crippen LogP contribution in [0.3, 0.4) is 0 Å². The van der Waals surface area contributed by atoms with Crippen LogP contribution in [0.5, 0.6) is 17.2 Å². The highest BCUT2D eigenvalue weighted by Gasteiger charge is 2.43. The number of rotatable bonds is 5. The minimum Gasteiger partial charge on any atom is -0.496 e. The first-order valence-electron chi connectivity index (χ1n) is 12.4. The van der Waals surface area contributed by atoms with Crippen molar-refractivity contribution in [2.75, 3.05) is 27.4 Å². The summed E-state index contributed by atoms with van der Waals surface area (Å²) in [5, 5.41) is 3.45. The Bertz CT molecular complexity index is 1180. The van der Waals surface area contributed by atoms with Gasteiger partial charge in [0.25, 0.3) is 5.91 Å². The fourth-order valence-electron chi connectivity index (χ4n) is 5.21. The number of hydrogen-bond acceptors (Lipinski definition) is 6. The van der Waals surface area contributed by atoms with Gasteiger partial charge in [-0.1, -0.05) is 24.3 Å². The lowest BCUT2D eigenvalue weighted by Gasteiger charge is -2.44. The second-order valence-corrected chi connectivity index (χ2v) is 10.8. The van der Waals surface area contributed by atoms with Gasteiger partial charge in [-0.25, -0.2) is 0 Å². The van der Waals surface area contributed by atoms with Gasteiger partial charge in [-0.05, 0) is 56.0 Å². The number of para-hydroxylation sites is 1. The Morgan fingerprint density at radius 1 is 1.17 bits per heavy atom. The van der Waals surface area contributed by atoms with Crippen molar-refractivity contribution in [1.29, 1.82) is 0 Å². The highest BCUT2D eigenvalue weighted by molar-refractivity contribution is 8.04. The molecule has 4 atom stereocenters. The molecule has 3 aliphatic rings. The fourth-order valence-corrected chi connectivity index (χ4v) is 6.68. The monoisotopic (exact) mass is 508 g/mol. The second-order valence-electron chi connectivity index (χ2n) is 9.53. The molecule has 2 fully saturated rings. The minimum absolute atomic E-state index is 0.00198. The standard InChI is InChI=1S/C28H32N2O5S/c1-17(18-8-10-23-24(15-18)35-13-12-34-23)29-27(31)20-9-11-25-21(14-20)30(2)28(32)26(36-25)16-19-6-4-5-7-22(19)33-3/h4-8,10,15-17,20-21,25H,9,11-14H2,1-3H3,(H,29,31)/b26-16+. The number of carbonyl (C=O) groups excluding carboxylic acids is 2. The lowest BCUT2D eigenvalue weighted by Crippen LogP contribution is -2.52. The number of nitrogens with one attached hydrogen (secondary N) is 1. The summed E-state index contributed by atoms with van der Waals surface area (Å²) in [7, 11) is 3.49. The molecule has 190 valence electrons. The summed E-state index contributed by atoms with van der Waals surface area (Å²) in [6.45, 7) is 3.06. The zero-order valence-corrected chi connectivity index (χ0v) is 21.7. The first kappa shape index (κ1) is 24.6. The van der Waals surface area contributed by atoms with Gasteiger partial charge in [0.2, 0.25) is 5.91 Å². The molecule has 1 N–H and O–H groups in total. The third kappa shape index (κ3) is 4.91. The van der Waals surface area contributed by atoms with Crippen molar-refractivity contribution in [2.24, 2.45) is 5.92 Å². The topological polar surface area (TPSA) is 77.1 Å². The van der Waals surface area contributed by atoms with Crippen molar-refractivity contribution in [1.82, 2.24) is 10.2 Å². The quantitative estimate of drug-likeness (QED) is 0.603. The number of hydrogen-bond donors (Lipinski definition) is 1. The third-order valence-corrected chi connectivity index (χ3v) is 8.68. The third-order valence-electron chi connectivity index (χ3n) is 7.28.